The number of ether oxygens (including phenoxy) is 1. The quantitative estimate of drug-likeness (QED) is 0.755. The maximum absolute atomic E-state index is 12.3. The van der Waals surface area contributed by atoms with E-state index in [4.69, 9.17) is 39.5 Å². The van der Waals surface area contributed by atoms with E-state index in [9.17, 15) is 8.42 Å². The Hall–Kier alpha value is -1.14. The summed E-state index contributed by atoms with van der Waals surface area (Å²) < 4.78 is 32.3. The lowest BCUT2D eigenvalue weighted by Gasteiger charge is -2.11. The van der Waals surface area contributed by atoms with Gasteiger partial charge in [0.05, 0.1) is 32.3 Å². The Balaban J connectivity index is 2.29. The molecule has 4 nitrogen and oxygen atoms in total. The van der Waals surface area contributed by atoms with Crippen LogP contribution >= 0.6 is 34.8 Å². The summed E-state index contributed by atoms with van der Waals surface area (Å²) in [6.07, 6.45) is 0. The zero-order valence-corrected chi connectivity index (χ0v) is 14.5. The van der Waals surface area contributed by atoms with Crippen molar-refractivity contribution in [2.45, 2.75) is 11.8 Å². The fourth-order valence-corrected chi connectivity index (χ4v) is 3.41. The van der Waals surface area contributed by atoms with Crippen LogP contribution in [0.5, 0.6) is 5.75 Å². The lowest BCUT2D eigenvalue weighted by molar-refractivity contribution is 0.340. The largest absolute Gasteiger partial charge is 0.494 e. The second-order valence-electron chi connectivity index (χ2n) is 4.26. The molecule has 8 heteroatoms. The Morgan fingerprint density at radius 1 is 1.00 bits per heavy atom. The van der Waals surface area contributed by atoms with Gasteiger partial charge in [-0.15, -0.1) is 0 Å². The lowest BCUT2D eigenvalue weighted by Crippen LogP contribution is -2.13. The highest BCUT2D eigenvalue weighted by atomic mass is 35.5. The molecule has 0 atom stereocenters. The number of nitrogens with one attached hydrogen (secondary N) is 1. The van der Waals surface area contributed by atoms with Crippen molar-refractivity contribution < 1.29 is 13.2 Å². The van der Waals surface area contributed by atoms with E-state index < -0.39 is 10.0 Å². The first kappa shape index (κ1) is 17.2. The zero-order chi connectivity index (χ0) is 16.3. The fourth-order valence-electron chi connectivity index (χ4n) is 1.69. The topological polar surface area (TPSA) is 55.4 Å². The zero-order valence-electron chi connectivity index (χ0n) is 11.4. The van der Waals surface area contributed by atoms with E-state index in [0.29, 0.717) is 12.4 Å². The molecule has 0 aliphatic heterocycles. The SMILES string of the molecule is CCOc1ccc(S(=O)(=O)Nc2cc(Cl)c(Cl)cc2Cl)cc1. The van der Waals surface area contributed by atoms with Crippen LogP contribution in [-0.2, 0) is 10.0 Å². The smallest absolute Gasteiger partial charge is 0.261 e. The van der Waals surface area contributed by atoms with Crippen molar-refractivity contribution in [3.63, 3.8) is 0 Å². The van der Waals surface area contributed by atoms with Gasteiger partial charge in [0.1, 0.15) is 5.75 Å². The molecular weight excluding hydrogens is 369 g/mol. The molecule has 0 bridgehead atoms. The van der Waals surface area contributed by atoms with Gasteiger partial charge in [0, 0.05) is 0 Å². The molecule has 0 radical (unpaired) electrons. The monoisotopic (exact) mass is 379 g/mol. The summed E-state index contributed by atoms with van der Waals surface area (Å²) in [5.74, 6) is 0.592. The summed E-state index contributed by atoms with van der Waals surface area (Å²) in [7, 11) is -3.79. The second-order valence-corrected chi connectivity index (χ2v) is 7.16. The van der Waals surface area contributed by atoms with Gasteiger partial charge >= 0.3 is 0 Å². The van der Waals surface area contributed by atoms with Crippen molar-refractivity contribution in [1.29, 1.82) is 0 Å². The molecule has 0 aliphatic rings. The Bertz CT molecular complexity index is 777. The Labute approximate surface area is 144 Å². The lowest BCUT2D eigenvalue weighted by atomic mass is 10.3. The van der Waals surface area contributed by atoms with Gasteiger partial charge in [-0.3, -0.25) is 4.72 Å². The summed E-state index contributed by atoms with van der Waals surface area (Å²) in [5.41, 5.74) is 0.157. The van der Waals surface area contributed by atoms with Gasteiger partial charge in [0.25, 0.3) is 10.0 Å². The third kappa shape index (κ3) is 3.98. The van der Waals surface area contributed by atoms with Gasteiger partial charge in [0.2, 0.25) is 0 Å². The van der Waals surface area contributed by atoms with Gasteiger partial charge in [-0.2, -0.15) is 0 Å². The van der Waals surface area contributed by atoms with Gasteiger partial charge in [-0.1, -0.05) is 34.8 Å². The van der Waals surface area contributed by atoms with Crippen LogP contribution in [0.1, 0.15) is 6.92 Å². The average Bonchev–Trinajstić information content (AvgIpc) is 2.45. The first-order chi connectivity index (χ1) is 10.3. The van der Waals surface area contributed by atoms with Crippen LogP contribution in [0.15, 0.2) is 41.3 Å². The molecule has 0 fully saturated rings. The highest BCUT2D eigenvalue weighted by Gasteiger charge is 2.17. The Morgan fingerprint density at radius 3 is 2.18 bits per heavy atom. The third-order valence-corrected chi connectivity index (χ3v) is 5.12. The van der Waals surface area contributed by atoms with Gasteiger partial charge in [0.15, 0.2) is 0 Å². The predicted octanol–water partition coefficient (Wildman–Crippen LogP) is 4.85. The number of rotatable bonds is 5. The minimum atomic E-state index is -3.79. The van der Waals surface area contributed by atoms with Crippen LogP contribution in [0.25, 0.3) is 0 Å². The van der Waals surface area contributed by atoms with Gasteiger partial charge in [-0.25, -0.2) is 8.42 Å². The predicted molar refractivity (Wildman–Crippen MR) is 89.9 cm³/mol. The molecule has 118 valence electrons. The van der Waals surface area contributed by atoms with Crippen molar-refractivity contribution in [1.82, 2.24) is 0 Å². The summed E-state index contributed by atoms with van der Waals surface area (Å²) in [6.45, 7) is 2.35. The van der Waals surface area contributed by atoms with E-state index in [1.54, 1.807) is 12.1 Å². The van der Waals surface area contributed by atoms with Crippen molar-refractivity contribution in [3.05, 3.63) is 51.5 Å². The molecular formula is C14H12Cl3NO3S. The average molecular weight is 381 g/mol. The van der Waals surface area contributed by atoms with E-state index in [2.05, 4.69) is 4.72 Å². The Morgan fingerprint density at radius 2 is 1.59 bits per heavy atom. The minimum Gasteiger partial charge on any atom is -0.494 e. The summed E-state index contributed by atoms with van der Waals surface area (Å²) >= 11 is 17.7. The second kappa shape index (κ2) is 6.96. The molecule has 0 saturated carbocycles. The molecule has 22 heavy (non-hydrogen) atoms. The first-order valence-electron chi connectivity index (χ1n) is 6.23. The highest BCUT2D eigenvalue weighted by molar-refractivity contribution is 7.92. The normalized spacial score (nSPS) is 11.3. The molecule has 0 aromatic heterocycles. The maximum atomic E-state index is 12.3. The van der Waals surface area contributed by atoms with E-state index >= 15 is 0 Å². The summed E-state index contributed by atoms with van der Waals surface area (Å²) in [5, 5.41) is 0.607. The molecule has 2 aromatic carbocycles. The number of anilines is 1. The molecule has 0 saturated heterocycles. The van der Waals surface area contributed by atoms with Crippen molar-refractivity contribution >= 4 is 50.5 Å². The van der Waals surface area contributed by atoms with Crippen molar-refractivity contribution in [2.24, 2.45) is 0 Å². The highest BCUT2D eigenvalue weighted by Crippen LogP contribution is 2.33. The standard InChI is InChI=1S/C14H12Cl3NO3S/c1-2-21-9-3-5-10(6-4-9)22(19,20)18-14-8-12(16)11(15)7-13(14)17/h3-8,18H,2H2,1H3. The van der Waals surface area contributed by atoms with Crippen LogP contribution in [0.4, 0.5) is 5.69 Å². The number of sulfonamides is 1. The minimum absolute atomic E-state index is 0.0816. The number of benzene rings is 2. The number of hydrogen-bond donors (Lipinski definition) is 1. The van der Waals surface area contributed by atoms with Gasteiger partial charge in [-0.05, 0) is 43.3 Å². The van der Waals surface area contributed by atoms with E-state index in [0.717, 1.165) is 0 Å². The molecule has 0 unspecified atom stereocenters. The maximum Gasteiger partial charge on any atom is 0.261 e. The molecule has 0 heterocycles. The molecule has 0 spiro atoms. The van der Waals surface area contributed by atoms with Crippen LogP contribution < -0.4 is 9.46 Å². The van der Waals surface area contributed by atoms with Crippen LogP contribution in [0.2, 0.25) is 15.1 Å². The molecule has 1 N–H and O–H groups in total. The summed E-state index contributed by atoms with van der Waals surface area (Å²) in [6, 6.07) is 8.78. The molecule has 0 aliphatic carbocycles. The number of halogens is 3. The number of hydrogen-bond acceptors (Lipinski definition) is 3. The van der Waals surface area contributed by atoms with Crippen molar-refractivity contribution in [3.8, 4) is 5.75 Å². The first-order valence-corrected chi connectivity index (χ1v) is 8.85. The van der Waals surface area contributed by atoms with Crippen molar-refractivity contribution in [2.75, 3.05) is 11.3 Å². The summed E-state index contributed by atoms with van der Waals surface area (Å²) in [4.78, 5) is 0.0816. The fraction of sp³-hybridized carbons (Fsp3) is 0.143. The molecule has 0 amide bonds. The van der Waals surface area contributed by atoms with Crippen LogP contribution in [-0.4, -0.2) is 15.0 Å². The molecule has 2 rings (SSSR count). The molecule has 2 aromatic rings. The Kier molecular flexibility index (Phi) is 5.45. The van der Waals surface area contributed by atoms with Crippen LogP contribution in [0.3, 0.4) is 0 Å². The third-order valence-electron chi connectivity index (χ3n) is 2.70. The van der Waals surface area contributed by atoms with Gasteiger partial charge < -0.3 is 4.74 Å². The van der Waals surface area contributed by atoms with Crippen LogP contribution in [0, 0.1) is 0 Å². The van der Waals surface area contributed by atoms with E-state index in [1.807, 2.05) is 6.92 Å². The van der Waals surface area contributed by atoms with E-state index in [-0.39, 0.29) is 25.7 Å². The van der Waals surface area contributed by atoms with E-state index in [1.165, 1.54) is 24.3 Å².